The van der Waals surface area contributed by atoms with Gasteiger partial charge in [-0.05, 0) is 25.0 Å². The minimum atomic E-state index is 1.01. The van der Waals surface area contributed by atoms with Gasteiger partial charge in [0.15, 0.2) is 5.13 Å². The Morgan fingerprint density at radius 1 is 1.20 bits per heavy atom. The lowest BCUT2D eigenvalue weighted by Crippen LogP contribution is -2.25. The molecule has 15 heavy (non-hydrogen) atoms. The second kappa shape index (κ2) is 3.79. The molecule has 1 aliphatic heterocycles. The first kappa shape index (κ1) is 9.12. The molecule has 1 fully saturated rings. The van der Waals surface area contributed by atoms with Gasteiger partial charge in [0.2, 0.25) is 0 Å². The summed E-state index contributed by atoms with van der Waals surface area (Å²) in [5, 5.41) is 3.26. The molecule has 3 rings (SSSR count). The fraction of sp³-hybridized carbons (Fsp3) is 0.364. The van der Waals surface area contributed by atoms with Crippen molar-refractivity contribution in [2.75, 3.05) is 18.5 Å². The van der Waals surface area contributed by atoms with E-state index in [0.29, 0.717) is 0 Å². The van der Waals surface area contributed by atoms with Gasteiger partial charge in [0.1, 0.15) is 0 Å². The molecule has 3 nitrogen and oxygen atoms in total. The van der Waals surface area contributed by atoms with Gasteiger partial charge in [0.05, 0.1) is 10.2 Å². The molecule has 0 spiro atoms. The third kappa shape index (κ3) is 1.82. The Morgan fingerprint density at radius 2 is 2.00 bits per heavy atom. The van der Waals surface area contributed by atoms with E-state index >= 15 is 0 Å². The van der Waals surface area contributed by atoms with E-state index in [1.807, 2.05) is 6.07 Å². The van der Waals surface area contributed by atoms with Crippen molar-refractivity contribution in [1.29, 1.82) is 0 Å². The van der Waals surface area contributed by atoms with Gasteiger partial charge in [-0.15, -0.1) is 0 Å². The molecule has 2 aromatic rings. The minimum absolute atomic E-state index is 1.01. The highest BCUT2D eigenvalue weighted by molar-refractivity contribution is 7.22. The van der Waals surface area contributed by atoms with Crippen LogP contribution in [-0.4, -0.2) is 23.1 Å². The van der Waals surface area contributed by atoms with Crippen molar-refractivity contribution in [3.8, 4) is 0 Å². The molecule has 0 radical (unpaired) electrons. The maximum Gasteiger partial charge on any atom is 0.198 e. The maximum atomic E-state index is 4.54. The van der Waals surface area contributed by atoms with Crippen molar-refractivity contribution in [3.63, 3.8) is 0 Å². The number of thiazole rings is 1. The zero-order valence-corrected chi connectivity index (χ0v) is 9.26. The highest BCUT2D eigenvalue weighted by Crippen LogP contribution is 2.26. The predicted molar refractivity (Wildman–Crippen MR) is 64.0 cm³/mol. The van der Waals surface area contributed by atoms with Crippen LogP contribution >= 0.6 is 11.3 Å². The first-order chi connectivity index (χ1) is 7.42. The van der Waals surface area contributed by atoms with Crippen molar-refractivity contribution in [3.05, 3.63) is 24.3 Å². The normalized spacial score (nSPS) is 17.3. The van der Waals surface area contributed by atoms with Crippen molar-refractivity contribution in [1.82, 2.24) is 9.99 Å². The Balaban J connectivity index is 1.84. The molecular formula is C11H13N3S. The van der Waals surface area contributed by atoms with Crippen LogP contribution in [0, 0.1) is 0 Å². The summed E-state index contributed by atoms with van der Waals surface area (Å²) in [4.78, 5) is 4.54. The Bertz CT molecular complexity index is 427. The molecule has 1 N–H and O–H groups in total. The van der Waals surface area contributed by atoms with Gasteiger partial charge >= 0.3 is 0 Å². The first-order valence-corrected chi connectivity index (χ1v) is 6.11. The number of aromatic nitrogens is 1. The summed E-state index contributed by atoms with van der Waals surface area (Å²) >= 11 is 1.72. The van der Waals surface area contributed by atoms with Crippen LogP contribution in [-0.2, 0) is 0 Å². The lowest BCUT2D eigenvalue weighted by atomic mass is 10.3. The van der Waals surface area contributed by atoms with Gasteiger partial charge in [-0.2, -0.15) is 0 Å². The number of rotatable bonds is 2. The van der Waals surface area contributed by atoms with Gasteiger partial charge in [-0.1, -0.05) is 23.5 Å². The number of fused-ring (bicyclic) bond motifs is 1. The highest BCUT2D eigenvalue weighted by Gasteiger charge is 2.12. The van der Waals surface area contributed by atoms with Crippen LogP contribution < -0.4 is 5.43 Å². The van der Waals surface area contributed by atoms with E-state index in [0.717, 1.165) is 23.7 Å². The number of nitrogens with one attached hydrogen (secondary N) is 1. The highest BCUT2D eigenvalue weighted by atomic mass is 32.1. The summed E-state index contributed by atoms with van der Waals surface area (Å²) in [6.07, 6.45) is 2.58. The van der Waals surface area contributed by atoms with E-state index in [9.17, 15) is 0 Å². The number of benzene rings is 1. The van der Waals surface area contributed by atoms with Crippen LogP contribution in [0.25, 0.3) is 10.2 Å². The number of anilines is 1. The van der Waals surface area contributed by atoms with Gasteiger partial charge < -0.3 is 0 Å². The second-order valence-corrected chi connectivity index (χ2v) is 4.82. The smallest absolute Gasteiger partial charge is 0.198 e. The molecule has 1 aliphatic rings. The summed E-state index contributed by atoms with van der Waals surface area (Å²) in [5.74, 6) is 0. The molecule has 1 aromatic heterocycles. The number of hydrazine groups is 1. The van der Waals surface area contributed by atoms with Gasteiger partial charge in [0, 0.05) is 13.1 Å². The molecular weight excluding hydrogens is 206 g/mol. The second-order valence-electron chi connectivity index (χ2n) is 3.79. The largest absolute Gasteiger partial charge is 0.294 e. The van der Waals surface area contributed by atoms with Crippen molar-refractivity contribution in [2.24, 2.45) is 0 Å². The Hall–Kier alpha value is -1.13. The summed E-state index contributed by atoms with van der Waals surface area (Å²) in [6, 6.07) is 8.25. The average Bonchev–Trinajstić information content (AvgIpc) is 2.86. The molecule has 78 valence electrons. The Morgan fingerprint density at radius 3 is 2.80 bits per heavy atom. The summed E-state index contributed by atoms with van der Waals surface area (Å²) in [5.41, 5.74) is 4.46. The average molecular weight is 219 g/mol. The van der Waals surface area contributed by atoms with E-state index < -0.39 is 0 Å². The van der Waals surface area contributed by atoms with Crippen molar-refractivity contribution >= 4 is 26.7 Å². The van der Waals surface area contributed by atoms with E-state index in [-0.39, 0.29) is 0 Å². The van der Waals surface area contributed by atoms with Crippen molar-refractivity contribution < 1.29 is 0 Å². The van der Waals surface area contributed by atoms with Gasteiger partial charge in [-0.25, -0.2) is 9.99 Å². The van der Waals surface area contributed by atoms with Gasteiger partial charge in [0.25, 0.3) is 0 Å². The van der Waals surface area contributed by atoms with Crippen LogP contribution in [0.1, 0.15) is 12.8 Å². The summed E-state index contributed by atoms with van der Waals surface area (Å²) in [6.45, 7) is 2.27. The molecule has 0 aliphatic carbocycles. The predicted octanol–water partition coefficient (Wildman–Crippen LogP) is 2.72. The summed E-state index contributed by atoms with van der Waals surface area (Å²) < 4.78 is 1.25. The molecule has 0 bridgehead atoms. The molecule has 1 saturated heterocycles. The third-order valence-electron chi connectivity index (χ3n) is 2.65. The fourth-order valence-electron chi connectivity index (χ4n) is 1.88. The minimum Gasteiger partial charge on any atom is -0.294 e. The monoisotopic (exact) mass is 219 g/mol. The molecule has 4 heteroatoms. The van der Waals surface area contributed by atoms with E-state index in [2.05, 4.69) is 33.6 Å². The van der Waals surface area contributed by atoms with Gasteiger partial charge in [-0.3, -0.25) is 5.43 Å². The molecule has 2 heterocycles. The standard InChI is InChI=1S/C11H13N3S/c1-2-6-10-9(5-1)12-11(15-10)13-14-7-3-4-8-14/h1-2,5-6H,3-4,7-8H2,(H,12,13). The lowest BCUT2D eigenvalue weighted by molar-refractivity contribution is 0.410. The summed E-state index contributed by atoms with van der Waals surface area (Å²) in [7, 11) is 0. The lowest BCUT2D eigenvalue weighted by Gasteiger charge is -2.14. The molecule has 0 amide bonds. The van der Waals surface area contributed by atoms with E-state index in [4.69, 9.17) is 0 Å². The van der Waals surface area contributed by atoms with Crippen LogP contribution in [0.3, 0.4) is 0 Å². The number of hydrogen-bond acceptors (Lipinski definition) is 4. The van der Waals surface area contributed by atoms with Crippen LogP contribution in [0.5, 0.6) is 0 Å². The zero-order valence-electron chi connectivity index (χ0n) is 8.44. The maximum absolute atomic E-state index is 4.54. The quantitative estimate of drug-likeness (QED) is 0.841. The topological polar surface area (TPSA) is 28.2 Å². The number of nitrogens with zero attached hydrogens (tertiary/aromatic N) is 2. The third-order valence-corrected chi connectivity index (χ3v) is 3.59. The zero-order chi connectivity index (χ0) is 10.1. The SMILES string of the molecule is c1ccc2sc(NN3CCCC3)nc2c1. The Kier molecular flexibility index (Phi) is 2.31. The van der Waals surface area contributed by atoms with E-state index in [1.54, 1.807) is 11.3 Å². The van der Waals surface area contributed by atoms with Crippen LogP contribution in [0.4, 0.5) is 5.13 Å². The Labute approximate surface area is 92.7 Å². The molecule has 0 saturated carbocycles. The molecule has 0 atom stereocenters. The number of para-hydroxylation sites is 1. The van der Waals surface area contributed by atoms with Crippen molar-refractivity contribution in [2.45, 2.75) is 12.8 Å². The number of hydrogen-bond donors (Lipinski definition) is 1. The molecule has 1 aromatic carbocycles. The molecule has 0 unspecified atom stereocenters. The fourth-order valence-corrected chi connectivity index (χ4v) is 2.78. The first-order valence-electron chi connectivity index (χ1n) is 5.29. The van der Waals surface area contributed by atoms with E-state index in [1.165, 1.54) is 17.5 Å². The van der Waals surface area contributed by atoms with Crippen LogP contribution in [0.2, 0.25) is 0 Å². The van der Waals surface area contributed by atoms with Crippen LogP contribution in [0.15, 0.2) is 24.3 Å².